The van der Waals surface area contributed by atoms with E-state index in [1.54, 1.807) is 14.2 Å². The van der Waals surface area contributed by atoms with Gasteiger partial charge in [-0.25, -0.2) is 0 Å². The Morgan fingerprint density at radius 3 is 2.48 bits per heavy atom. The van der Waals surface area contributed by atoms with Crippen molar-refractivity contribution < 1.29 is 9.47 Å². The number of fused-ring (bicyclic) bond motifs is 1. The molecular formula is C24H31N3O2. The van der Waals surface area contributed by atoms with Crippen molar-refractivity contribution in [3.05, 3.63) is 59.8 Å². The number of ether oxygens (including phenoxy) is 2. The summed E-state index contributed by atoms with van der Waals surface area (Å²) in [5.74, 6) is 2.05. The standard InChI is InChI=1S/C24H31N3O2/c1-25(2)22-16-27(13-17-10-11-23(28-4)24(12-17)29-5)15-20(22)19-14-26(3)21-9-7-6-8-18(19)21/h6-12,14,20,22H,13,15-16H2,1-5H3/t20-,22+/m0/s1. The summed E-state index contributed by atoms with van der Waals surface area (Å²) in [5.41, 5.74) is 4.01. The second-order valence-corrected chi connectivity index (χ2v) is 8.23. The van der Waals surface area contributed by atoms with E-state index in [4.69, 9.17) is 9.47 Å². The monoisotopic (exact) mass is 393 g/mol. The molecule has 154 valence electrons. The highest BCUT2D eigenvalue weighted by molar-refractivity contribution is 5.84. The smallest absolute Gasteiger partial charge is 0.161 e. The van der Waals surface area contributed by atoms with Crippen molar-refractivity contribution in [1.29, 1.82) is 0 Å². The number of nitrogens with zero attached hydrogens (tertiary/aromatic N) is 3. The average molecular weight is 394 g/mol. The average Bonchev–Trinajstić information content (AvgIpc) is 3.29. The Hall–Kier alpha value is -2.50. The van der Waals surface area contributed by atoms with Crippen LogP contribution in [0.3, 0.4) is 0 Å². The molecule has 1 aliphatic heterocycles. The van der Waals surface area contributed by atoms with Crippen molar-refractivity contribution >= 4 is 10.9 Å². The molecular weight excluding hydrogens is 362 g/mol. The fraction of sp³-hybridized carbons (Fsp3) is 0.417. The van der Waals surface area contributed by atoms with E-state index in [1.165, 1.54) is 22.0 Å². The molecule has 0 amide bonds. The van der Waals surface area contributed by atoms with Crippen LogP contribution in [0.2, 0.25) is 0 Å². The zero-order chi connectivity index (χ0) is 20.5. The summed E-state index contributed by atoms with van der Waals surface area (Å²) in [6, 6.07) is 15.4. The highest BCUT2D eigenvalue weighted by atomic mass is 16.5. The molecule has 0 spiro atoms. The fourth-order valence-electron chi connectivity index (χ4n) is 4.73. The van der Waals surface area contributed by atoms with Gasteiger partial charge in [-0.1, -0.05) is 24.3 Å². The van der Waals surface area contributed by atoms with Crippen LogP contribution in [-0.4, -0.2) is 61.8 Å². The van der Waals surface area contributed by atoms with Gasteiger partial charge in [-0.3, -0.25) is 4.90 Å². The molecule has 5 nitrogen and oxygen atoms in total. The van der Waals surface area contributed by atoms with Gasteiger partial charge in [0.2, 0.25) is 0 Å². The number of likely N-dealkylation sites (N-methyl/N-ethyl adjacent to an activating group) is 1. The van der Waals surface area contributed by atoms with Gasteiger partial charge in [0.05, 0.1) is 14.2 Å². The Bertz CT molecular complexity index is 995. The van der Waals surface area contributed by atoms with E-state index >= 15 is 0 Å². The number of benzene rings is 2. The minimum atomic E-state index is 0.483. The number of methoxy groups -OCH3 is 2. The second-order valence-electron chi connectivity index (χ2n) is 8.23. The van der Waals surface area contributed by atoms with E-state index in [-0.39, 0.29) is 0 Å². The zero-order valence-electron chi connectivity index (χ0n) is 18.1. The topological polar surface area (TPSA) is 29.9 Å². The van der Waals surface area contributed by atoms with E-state index in [1.807, 2.05) is 6.07 Å². The molecule has 5 heteroatoms. The summed E-state index contributed by atoms with van der Waals surface area (Å²) in [7, 11) is 9.91. The molecule has 2 atom stereocenters. The maximum absolute atomic E-state index is 5.49. The molecule has 3 aromatic rings. The van der Waals surface area contributed by atoms with Gasteiger partial charge in [-0.15, -0.1) is 0 Å². The van der Waals surface area contributed by atoms with Gasteiger partial charge in [-0.05, 0) is 43.4 Å². The summed E-state index contributed by atoms with van der Waals surface area (Å²) in [6.45, 7) is 3.01. The van der Waals surface area contributed by atoms with Crippen LogP contribution in [0.1, 0.15) is 17.0 Å². The third kappa shape index (κ3) is 3.72. The van der Waals surface area contributed by atoms with Crippen molar-refractivity contribution in [2.45, 2.75) is 18.5 Å². The summed E-state index contributed by atoms with van der Waals surface area (Å²) in [6.07, 6.45) is 2.33. The predicted molar refractivity (Wildman–Crippen MR) is 118 cm³/mol. The molecule has 0 radical (unpaired) electrons. The first-order chi connectivity index (χ1) is 14.0. The first-order valence-electron chi connectivity index (χ1n) is 10.2. The first kappa shape index (κ1) is 19.8. The predicted octanol–water partition coefficient (Wildman–Crippen LogP) is 3.73. The number of aromatic nitrogens is 1. The molecule has 0 saturated carbocycles. The number of hydrogen-bond donors (Lipinski definition) is 0. The van der Waals surface area contributed by atoms with E-state index in [0.29, 0.717) is 12.0 Å². The summed E-state index contributed by atoms with van der Waals surface area (Å²) in [4.78, 5) is 4.93. The Balaban J connectivity index is 1.60. The van der Waals surface area contributed by atoms with Gasteiger partial charge < -0.3 is 18.9 Å². The first-order valence-corrected chi connectivity index (χ1v) is 10.2. The molecule has 1 aromatic heterocycles. The molecule has 2 heterocycles. The fourth-order valence-corrected chi connectivity index (χ4v) is 4.73. The summed E-state index contributed by atoms with van der Waals surface area (Å²) < 4.78 is 13.1. The third-order valence-corrected chi connectivity index (χ3v) is 6.21. The van der Waals surface area contributed by atoms with Crippen LogP contribution in [0, 0.1) is 0 Å². The van der Waals surface area contributed by atoms with Crippen LogP contribution in [0.15, 0.2) is 48.7 Å². The van der Waals surface area contributed by atoms with Crippen molar-refractivity contribution in [1.82, 2.24) is 14.4 Å². The third-order valence-electron chi connectivity index (χ3n) is 6.21. The molecule has 0 aliphatic carbocycles. The lowest BCUT2D eigenvalue weighted by Gasteiger charge is -2.25. The van der Waals surface area contributed by atoms with Crippen LogP contribution in [-0.2, 0) is 13.6 Å². The largest absolute Gasteiger partial charge is 0.493 e. The van der Waals surface area contributed by atoms with Gasteiger partial charge in [0, 0.05) is 55.7 Å². The van der Waals surface area contributed by atoms with Crippen molar-refractivity contribution in [3.63, 3.8) is 0 Å². The van der Waals surface area contributed by atoms with Crippen LogP contribution < -0.4 is 9.47 Å². The van der Waals surface area contributed by atoms with Crippen LogP contribution in [0.25, 0.3) is 10.9 Å². The summed E-state index contributed by atoms with van der Waals surface area (Å²) >= 11 is 0. The number of para-hydroxylation sites is 1. The quantitative estimate of drug-likeness (QED) is 0.638. The molecule has 1 fully saturated rings. The molecule has 29 heavy (non-hydrogen) atoms. The highest BCUT2D eigenvalue weighted by Crippen LogP contribution is 2.36. The van der Waals surface area contributed by atoms with E-state index in [2.05, 4.69) is 78.1 Å². The van der Waals surface area contributed by atoms with E-state index in [0.717, 1.165) is 31.1 Å². The minimum Gasteiger partial charge on any atom is -0.493 e. The van der Waals surface area contributed by atoms with Crippen LogP contribution in [0.4, 0.5) is 0 Å². The maximum Gasteiger partial charge on any atom is 0.161 e. The number of aryl methyl sites for hydroxylation is 1. The Morgan fingerprint density at radius 1 is 1.00 bits per heavy atom. The van der Waals surface area contributed by atoms with Gasteiger partial charge in [0.1, 0.15) is 0 Å². The van der Waals surface area contributed by atoms with E-state index < -0.39 is 0 Å². The second kappa shape index (κ2) is 8.09. The molecule has 0 bridgehead atoms. The molecule has 1 aliphatic rings. The maximum atomic E-state index is 5.49. The summed E-state index contributed by atoms with van der Waals surface area (Å²) in [5, 5.41) is 1.37. The molecule has 2 aromatic carbocycles. The van der Waals surface area contributed by atoms with Crippen molar-refractivity contribution in [2.75, 3.05) is 41.4 Å². The minimum absolute atomic E-state index is 0.483. The van der Waals surface area contributed by atoms with Gasteiger partial charge in [-0.2, -0.15) is 0 Å². The molecule has 0 N–H and O–H groups in total. The van der Waals surface area contributed by atoms with Gasteiger partial charge in [0.25, 0.3) is 0 Å². The molecule has 1 saturated heterocycles. The molecule has 4 rings (SSSR count). The normalized spacial score (nSPS) is 19.9. The zero-order valence-corrected chi connectivity index (χ0v) is 18.1. The number of rotatable bonds is 6. The Labute approximate surface area is 173 Å². The highest BCUT2D eigenvalue weighted by Gasteiger charge is 2.36. The Kier molecular flexibility index (Phi) is 5.52. The van der Waals surface area contributed by atoms with Gasteiger partial charge in [0.15, 0.2) is 11.5 Å². The lowest BCUT2D eigenvalue weighted by molar-refractivity contribution is 0.259. The van der Waals surface area contributed by atoms with Crippen molar-refractivity contribution in [3.8, 4) is 11.5 Å². The lowest BCUT2D eigenvalue weighted by Crippen LogP contribution is -2.34. The van der Waals surface area contributed by atoms with Crippen LogP contribution >= 0.6 is 0 Å². The molecule has 0 unspecified atom stereocenters. The Morgan fingerprint density at radius 2 is 1.76 bits per heavy atom. The van der Waals surface area contributed by atoms with Gasteiger partial charge >= 0.3 is 0 Å². The number of hydrogen-bond acceptors (Lipinski definition) is 4. The van der Waals surface area contributed by atoms with Crippen LogP contribution in [0.5, 0.6) is 11.5 Å². The SMILES string of the molecule is COc1ccc(CN2C[C@@H](N(C)C)[C@H](c3cn(C)c4ccccc34)C2)cc1OC. The lowest BCUT2D eigenvalue weighted by atomic mass is 9.93. The van der Waals surface area contributed by atoms with Crippen molar-refractivity contribution in [2.24, 2.45) is 7.05 Å². The van der Waals surface area contributed by atoms with E-state index in [9.17, 15) is 0 Å². The number of likely N-dealkylation sites (tertiary alicyclic amines) is 1.